The van der Waals surface area contributed by atoms with Crippen LogP contribution in [0.15, 0.2) is 42.5 Å². The summed E-state index contributed by atoms with van der Waals surface area (Å²) in [6.45, 7) is 0. The third kappa shape index (κ3) is 3.64. The molecule has 0 saturated heterocycles. The summed E-state index contributed by atoms with van der Waals surface area (Å²) in [5.41, 5.74) is 1.90. The zero-order chi connectivity index (χ0) is 18.2. The molecule has 2 N–H and O–H groups in total. The minimum Gasteiger partial charge on any atom is -0.481 e. The van der Waals surface area contributed by atoms with Gasteiger partial charge in [-0.25, -0.2) is 0 Å². The van der Waals surface area contributed by atoms with Crippen LogP contribution in [0.4, 0.5) is 13.2 Å². The Balaban J connectivity index is 2.11. The number of nitrogens with one attached hydrogen (secondary N) is 1. The normalized spacial score (nSPS) is 11.8. The van der Waals surface area contributed by atoms with E-state index in [0.29, 0.717) is 16.3 Å². The number of alkyl halides is 3. The van der Waals surface area contributed by atoms with E-state index < -0.39 is 17.7 Å². The molecule has 2 aromatic carbocycles. The van der Waals surface area contributed by atoms with E-state index >= 15 is 0 Å². The Kier molecular flexibility index (Phi) is 4.47. The lowest BCUT2D eigenvalue weighted by atomic mass is 10.0. The molecule has 0 radical (unpaired) electrons. The number of carbonyl (C=O) groups is 1. The quantitative estimate of drug-likeness (QED) is 0.637. The Hall–Kier alpha value is -2.47. The van der Waals surface area contributed by atoms with Crippen LogP contribution in [0, 0.1) is 0 Å². The molecular formula is C18H13ClF3NO2. The fourth-order valence-electron chi connectivity index (χ4n) is 2.78. The molecule has 3 rings (SSSR count). The predicted molar refractivity (Wildman–Crippen MR) is 89.7 cm³/mol. The Morgan fingerprint density at radius 1 is 1.12 bits per heavy atom. The molecule has 1 heterocycles. The summed E-state index contributed by atoms with van der Waals surface area (Å²) < 4.78 is 38.2. The fraction of sp³-hybridized carbons (Fsp3) is 0.167. The van der Waals surface area contributed by atoms with E-state index in [0.717, 1.165) is 28.6 Å². The van der Waals surface area contributed by atoms with Crippen molar-refractivity contribution >= 4 is 28.5 Å². The minimum atomic E-state index is -4.40. The van der Waals surface area contributed by atoms with Gasteiger partial charge in [-0.3, -0.25) is 4.79 Å². The van der Waals surface area contributed by atoms with E-state index in [1.54, 1.807) is 18.2 Å². The zero-order valence-electron chi connectivity index (χ0n) is 12.8. The van der Waals surface area contributed by atoms with E-state index in [4.69, 9.17) is 16.7 Å². The lowest BCUT2D eigenvalue weighted by molar-refractivity contribution is -0.138. The molecule has 0 amide bonds. The number of aliphatic carboxylic acids is 1. The molecule has 3 nitrogen and oxygen atoms in total. The first-order chi connectivity index (χ1) is 11.8. The summed E-state index contributed by atoms with van der Waals surface area (Å²) in [4.78, 5) is 14.1. The average molecular weight is 368 g/mol. The SMILES string of the molecule is O=C(O)CCc1c(-c2ccc(C(F)(F)F)cc2)[nH]c2ccc(Cl)cc12. The molecule has 1 aromatic heterocycles. The number of halogens is 4. The maximum Gasteiger partial charge on any atom is 0.416 e. The van der Waals surface area contributed by atoms with Crippen molar-refractivity contribution in [3.8, 4) is 11.3 Å². The first kappa shape index (κ1) is 17.4. The number of carboxylic acids is 1. The van der Waals surface area contributed by atoms with E-state index in [1.165, 1.54) is 12.1 Å². The molecule has 7 heteroatoms. The molecule has 0 aliphatic rings. The van der Waals surface area contributed by atoms with Gasteiger partial charge in [0, 0.05) is 28.0 Å². The van der Waals surface area contributed by atoms with Crippen molar-refractivity contribution in [3.05, 3.63) is 58.6 Å². The molecule has 130 valence electrons. The number of aryl methyl sites for hydroxylation is 1. The number of hydrogen-bond acceptors (Lipinski definition) is 1. The van der Waals surface area contributed by atoms with Gasteiger partial charge in [-0.2, -0.15) is 13.2 Å². The van der Waals surface area contributed by atoms with Crippen LogP contribution in [0.1, 0.15) is 17.5 Å². The molecule has 0 bridgehead atoms. The van der Waals surface area contributed by atoms with Crippen molar-refractivity contribution in [2.75, 3.05) is 0 Å². The molecule has 0 aliphatic carbocycles. The first-order valence-electron chi connectivity index (χ1n) is 7.45. The van der Waals surface area contributed by atoms with Crippen LogP contribution in [0.25, 0.3) is 22.2 Å². The summed E-state index contributed by atoms with van der Waals surface area (Å²) in [5, 5.41) is 10.2. The van der Waals surface area contributed by atoms with Crippen LogP contribution in [-0.4, -0.2) is 16.1 Å². The molecule has 25 heavy (non-hydrogen) atoms. The van der Waals surface area contributed by atoms with Gasteiger partial charge in [0.1, 0.15) is 0 Å². The van der Waals surface area contributed by atoms with Crippen LogP contribution >= 0.6 is 11.6 Å². The molecule has 3 aromatic rings. The van der Waals surface area contributed by atoms with Crippen molar-refractivity contribution in [3.63, 3.8) is 0 Å². The minimum absolute atomic E-state index is 0.0902. The first-order valence-corrected chi connectivity index (χ1v) is 7.83. The van der Waals surface area contributed by atoms with Gasteiger partial charge in [0.25, 0.3) is 0 Å². The third-order valence-electron chi connectivity index (χ3n) is 3.96. The second kappa shape index (κ2) is 6.44. The topological polar surface area (TPSA) is 53.1 Å². The third-order valence-corrected chi connectivity index (χ3v) is 4.19. The molecule has 0 fully saturated rings. The predicted octanol–water partition coefficient (Wildman–Crippen LogP) is 5.52. The van der Waals surface area contributed by atoms with Gasteiger partial charge < -0.3 is 10.1 Å². The second-order valence-corrected chi connectivity index (χ2v) is 6.07. The standard InChI is InChI=1S/C18H13ClF3NO2/c19-12-5-7-15-14(9-12)13(6-8-16(24)25)17(23-15)10-1-3-11(4-2-10)18(20,21)22/h1-5,7,9,23H,6,8H2,(H,24,25). The number of carboxylic acid groups (broad SMARTS) is 1. The number of fused-ring (bicyclic) bond motifs is 1. The van der Waals surface area contributed by atoms with Gasteiger partial charge in [0.05, 0.1) is 5.56 Å². The van der Waals surface area contributed by atoms with E-state index in [1.807, 2.05) is 0 Å². The number of aromatic amines is 1. The van der Waals surface area contributed by atoms with Crippen LogP contribution < -0.4 is 0 Å². The number of H-pyrrole nitrogens is 1. The van der Waals surface area contributed by atoms with Crippen molar-refractivity contribution in [1.82, 2.24) is 4.98 Å². The lowest BCUT2D eigenvalue weighted by Crippen LogP contribution is -2.04. The number of hydrogen-bond donors (Lipinski definition) is 2. The highest BCUT2D eigenvalue weighted by Gasteiger charge is 2.30. The summed E-state index contributed by atoms with van der Waals surface area (Å²) in [5.74, 6) is -0.949. The molecule has 0 saturated carbocycles. The van der Waals surface area contributed by atoms with Gasteiger partial charge in [-0.15, -0.1) is 0 Å². The highest BCUT2D eigenvalue weighted by molar-refractivity contribution is 6.31. The van der Waals surface area contributed by atoms with E-state index in [2.05, 4.69) is 4.98 Å². The molecule has 0 unspecified atom stereocenters. The highest BCUT2D eigenvalue weighted by Crippen LogP contribution is 2.35. The number of aromatic nitrogens is 1. The van der Waals surface area contributed by atoms with Gasteiger partial charge in [-0.1, -0.05) is 23.7 Å². The number of benzene rings is 2. The maximum absolute atomic E-state index is 12.7. The zero-order valence-corrected chi connectivity index (χ0v) is 13.6. The summed E-state index contributed by atoms with van der Waals surface area (Å²) in [6, 6.07) is 9.94. The van der Waals surface area contributed by atoms with Gasteiger partial charge >= 0.3 is 12.1 Å². The average Bonchev–Trinajstić information content (AvgIpc) is 2.90. The van der Waals surface area contributed by atoms with Crippen LogP contribution in [0.3, 0.4) is 0 Å². The number of rotatable bonds is 4. The molecule has 0 spiro atoms. The fourth-order valence-corrected chi connectivity index (χ4v) is 2.96. The van der Waals surface area contributed by atoms with Crippen LogP contribution in [0.2, 0.25) is 5.02 Å². The summed E-state index contributed by atoms with van der Waals surface area (Å²) >= 11 is 6.02. The summed E-state index contributed by atoms with van der Waals surface area (Å²) in [6.07, 6.45) is -4.25. The van der Waals surface area contributed by atoms with Crippen molar-refractivity contribution in [2.24, 2.45) is 0 Å². The van der Waals surface area contributed by atoms with Gasteiger partial charge in [-0.05, 0) is 47.9 Å². The lowest BCUT2D eigenvalue weighted by Gasteiger charge is -2.08. The van der Waals surface area contributed by atoms with Crippen molar-refractivity contribution in [2.45, 2.75) is 19.0 Å². The Bertz CT molecular complexity index is 930. The van der Waals surface area contributed by atoms with Gasteiger partial charge in [0.15, 0.2) is 0 Å². The maximum atomic E-state index is 12.7. The Morgan fingerprint density at radius 2 is 1.80 bits per heavy atom. The van der Waals surface area contributed by atoms with E-state index in [-0.39, 0.29) is 12.8 Å². The van der Waals surface area contributed by atoms with Gasteiger partial charge in [0.2, 0.25) is 0 Å². The van der Waals surface area contributed by atoms with Crippen molar-refractivity contribution < 1.29 is 23.1 Å². The molecule has 0 atom stereocenters. The van der Waals surface area contributed by atoms with Crippen LogP contribution in [0.5, 0.6) is 0 Å². The largest absolute Gasteiger partial charge is 0.481 e. The Morgan fingerprint density at radius 3 is 2.40 bits per heavy atom. The highest BCUT2D eigenvalue weighted by atomic mass is 35.5. The van der Waals surface area contributed by atoms with E-state index in [9.17, 15) is 18.0 Å². The van der Waals surface area contributed by atoms with Crippen LogP contribution in [-0.2, 0) is 17.4 Å². The second-order valence-electron chi connectivity index (χ2n) is 5.64. The smallest absolute Gasteiger partial charge is 0.416 e. The van der Waals surface area contributed by atoms with Crippen molar-refractivity contribution in [1.29, 1.82) is 0 Å². The monoisotopic (exact) mass is 367 g/mol. The molecular weight excluding hydrogens is 355 g/mol. The molecule has 0 aliphatic heterocycles. The Labute approximate surface area is 146 Å². The summed E-state index contributed by atoms with van der Waals surface area (Å²) in [7, 11) is 0.